The number of para-hydroxylation sites is 1. The molecule has 1 saturated heterocycles. The van der Waals surface area contributed by atoms with E-state index >= 15 is 0 Å². The highest BCUT2D eigenvalue weighted by atomic mass is 16.6. The van der Waals surface area contributed by atoms with E-state index in [4.69, 9.17) is 0 Å². The molecule has 1 aliphatic heterocycles. The fourth-order valence-corrected chi connectivity index (χ4v) is 3.41. The summed E-state index contributed by atoms with van der Waals surface area (Å²) in [6.07, 6.45) is 0. The highest BCUT2D eigenvalue weighted by Gasteiger charge is 2.24. The lowest BCUT2D eigenvalue weighted by atomic mass is 10.1. The highest BCUT2D eigenvalue weighted by Crippen LogP contribution is 2.21. The lowest BCUT2D eigenvalue weighted by Crippen LogP contribution is -3.13. The summed E-state index contributed by atoms with van der Waals surface area (Å²) in [5.74, 6) is 0. The fraction of sp³-hybridized carbons (Fsp3) is 0.368. The van der Waals surface area contributed by atoms with Crippen molar-refractivity contribution in [3.63, 3.8) is 0 Å². The van der Waals surface area contributed by atoms with Crippen molar-refractivity contribution >= 4 is 11.4 Å². The Bertz CT molecular complexity index is 737. The molecule has 0 bridgehead atoms. The highest BCUT2D eigenvalue weighted by molar-refractivity contribution is 5.55. The Labute approximate surface area is 142 Å². The van der Waals surface area contributed by atoms with Crippen molar-refractivity contribution in [2.24, 2.45) is 0 Å². The normalized spacial score (nSPS) is 15.5. The molecule has 0 unspecified atom stereocenters. The topological polar surface area (TPSA) is 50.8 Å². The minimum absolute atomic E-state index is 0.238. The van der Waals surface area contributed by atoms with Gasteiger partial charge in [0.15, 0.2) is 0 Å². The van der Waals surface area contributed by atoms with Crippen LogP contribution in [0.3, 0.4) is 0 Å². The molecule has 24 heavy (non-hydrogen) atoms. The first kappa shape index (κ1) is 16.5. The van der Waals surface area contributed by atoms with Gasteiger partial charge in [0.05, 0.1) is 36.7 Å². The van der Waals surface area contributed by atoms with E-state index in [1.807, 2.05) is 12.1 Å². The molecule has 1 N–H and O–H groups in total. The maximum Gasteiger partial charge on any atom is 0.278 e. The van der Waals surface area contributed by atoms with E-state index in [1.54, 1.807) is 12.1 Å². The molecule has 5 nitrogen and oxygen atoms in total. The van der Waals surface area contributed by atoms with Gasteiger partial charge in [0.1, 0.15) is 6.54 Å². The number of piperazine rings is 1. The molecule has 1 heterocycles. The molecule has 5 heteroatoms. The average Bonchev–Trinajstić information content (AvgIpc) is 2.58. The van der Waals surface area contributed by atoms with Crippen LogP contribution in [-0.4, -0.2) is 31.1 Å². The van der Waals surface area contributed by atoms with Crippen molar-refractivity contribution in [1.29, 1.82) is 0 Å². The van der Waals surface area contributed by atoms with Crippen LogP contribution in [-0.2, 0) is 6.54 Å². The molecule has 0 aliphatic carbocycles. The second kappa shape index (κ2) is 7.01. The summed E-state index contributed by atoms with van der Waals surface area (Å²) in [5.41, 5.74) is 4.98. The van der Waals surface area contributed by atoms with E-state index in [0.29, 0.717) is 0 Å². The molecule has 1 fully saturated rings. The summed E-state index contributed by atoms with van der Waals surface area (Å²) >= 11 is 0. The van der Waals surface area contributed by atoms with Crippen molar-refractivity contribution < 1.29 is 9.82 Å². The number of benzene rings is 2. The number of nitrogens with one attached hydrogen (secondary N) is 1. The monoisotopic (exact) mass is 326 g/mol. The maximum absolute atomic E-state index is 11.2. The van der Waals surface area contributed by atoms with Gasteiger partial charge in [0.25, 0.3) is 5.69 Å². The van der Waals surface area contributed by atoms with Crippen molar-refractivity contribution in [3.05, 3.63) is 69.3 Å². The molecule has 2 aromatic carbocycles. The molecule has 0 radical (unpaired) electrons. The van der Waals surface area contributed by atoms with Crippen LogP contribution in [0.4, 0.5) is 11.4 Å². The van der Waals surface area contributed by atoms with Gasteiger partial charge >= 0.3 is 0 Å². The number of anilines is 1. The van der Waals surface area contributed by atoms with Crippen molar-refractivity contribution in [3.8, 4) is 0 Å². The maximum atomic E-state index is 11.2. The molecule has 0 atom stereocenters. The third kappa shape index (κ3) is 3.57. The zero-order valence-corrected chi connectivity index (χ0v) is 14.3. The van der Waals surface area contributed by atoms with Gasteiger partial charge in [-0.2, -0.15) is 0 Å². The molecule has 2 aromatic rings. The Morgan fingerprint density at radius 3 is 2.54 bits per heavy atom. The standard InChI is InChI=1S/C19H23N3O2/c1-15-7-8-16(2)19(13-15)21-11-9-20(10-12-21)14-17-5-3-4-6-18(17)22(23)24/h3-8,13H,9-12,14H2,1-2H3/p+1. The Hall–Kier alpha value is -2.40. The number of nitro benzene ring substituents is 1. The van der Waals surface area contributed by atoms with Crippen molar-refractivity contribution in [1.82, 2.24) is 0 Å². The van der Waals surface area contributed by atoms with Gasteiger partial charge in [-0.1, -0.05) is 24.3 Å². The first-order chi connectivity index (χ1) is 11.5. The predicted molar refractivity (Wildman–Crippen MR) is 95.6 cm³/mol. The second-order valence-corrected chi connectivity index (χ2v) is 6.59. The van der Waals surface area contributed by atoms with Gasteiger partial charge in [0, 0.05) is 11.8 Å². The summed E-state index contributed by atoms with van der Waals surface area (Å²) < 4.78 is 0. The Balaban J connectivity index is 1.66. The van der Waals surface area contributed by atoms with Crippen molar-refractivity contribution in [2.45, 2.75) is 20.4 Å². The SMILES string of the molecule is Cc1ccc(C)c(N2CC[NH+](Cc3ccccc3[N+](=O)[O-])CC2)c1. The van der Waals surface area contributed by atoms with Gasteiger partial charge in [-0.3, -0.25) is 10.1 Å². The van der Waals surface area contributed by atoms with Crippen molar-refractivity contribution in [2.75, 3.05) is 31.1 Å². The van der Waals surface area contributed by atoms with Gasteiger partial charge in [-0.25, -0.2) is 0 Å². The van der Waals surface area contributed by atoms with Crippen LogP contribution in [0.5, 0.6) is 0 Å². The summed E-state index contributed by atoms with van der Waals surface area (Å²) in [5, 5.41) is 11.2. The van der Waals surface area contributed by atoms with Crippen LogP contribution < -0.4 is 9.80 Å². The molecule has 126 valence electrons. The smallest absolute Gasteiger partial charge is 0.278 e. The van der Waals surface area contributed by atoms with Gasteiger partial charge in [-0.05, 0) is 37.1 Å². The first-order valence-corrected chi connectivity index (χ1v) is 8.42. The third-order valence-corrected chi connectivity index (χ3v) is 4.80. The van der Waals surface area contributed by atoms with E-state index in [9.17, 15) is 10.1 Å². The molecule has 3 rings (SSSR count). The minimum Gasteiger partial charge on any atom is -0.360 e. The number of aryl methyl sites for hydroxylation is 2. The lowest BCUT2D eigenvalue weighted by molar-refractivity contribution is -0.914. The van der Waals surface area contributed by atoms with Gasteiger partial charge in [-0.15, -0.1) is 0 Å². The van der Waals surface area contributed by atoms with Crippen LogP contribution in [0.1, 0.15) is 16.7 Å². The van der Waals surface area contributed by atoms with Crippen LogP contribution >= 0.6 is 0 Å². The lowest BCUT2D eigenvalue weighted by Gasteiger charge is -2.34. The van der Waals surface area contributed by atoms with E-state index in [0.717, 1.165) is 38.3 Å². The number of nitro groups is 1. The Kier molecular flexibility index (Phi) is 4.81. The number of hydrogen-bond acceptors (Lipinski definition) is 3. The van der Waals surface area contributed by atoms with E-state index < -0.39 is 0 Å². The largest absolute Gasteiger partial charge is 0.360 e. The van der Waals surface area contributed by atoms with Gasteiger partial charge < -0.3 is 9.80 Å². The Morgan fingerprint density at radius 1 is 1.12 bits per heavy atom. The minimum atomic E-state index is -0.277. The van der Waals surface area contributed by atoms with Crippen LogP contribution in [0.25, 0.3) is 0 Å². The molecular weight excluding hydrogens is 302 g/mol. The molecule has 1 aliphatic rings. The average molecular weight is 326 g/mol. The summed E-state index contributed by atoms with van der Waals surface area (Å²) in [6.45, 7) is 8.97. The third-order valence-electron chi connectivity index (χ3n) is 4.80. The molecule has 0 aromatic heterocycles. The summed E-state index contributed by atoms with van der Waals surface area (Å²) in [4.78, 5) is 14.7. The van der Waals surface area contributed by atoms with E-state index in [1.165, 1.54) is 21.7 Å². The first-order valence-electron chi connectivity index (χ1n) is 8.42. The zero-order chi connectivity index (χ0) is 17.1. The summed E-state index contributed by atoms with van der Waals surface area (Å²) in [7, 11) is 0. The number of quaternary nitrogens is 1. The Morgan fingerprint density at radius 2 is 1.83 bits per heavy atom. The van der Waals surface area contributed by atoms with Crippen LogP contribution in [0, 0.1) is 24.0 Å². The summed E-state index contributed by atoms with van der Waals surface area (Å²) in [6, 6.07) is 13.7. The number of rotatable bonds is 4. The molecule has 0 saturated carbocycles. The van der Waals surface area contributed by atoms with Crippen LogP contribution in [0.2, 0.25) is 0 Å². The second-order valence-electron chi connectivity index (χ2n) is 6.59. The molecule has 0 spiro atoms. The zero-order valence-electron chi connectivity index (χ0n) is 14.3. The quantitative estimate of drug-likeness (QED) is 0.692. The molecular formula is C19H24N3O2+. The number of hydrogen-bond donors (Lipinski definition) is 1. The van der Waals surface area contributed by atoms with E-state index in [2.05, 4.69) is 36.9 Å². The number of nitrogens with zero attached hydrogens (tertiary/aromatic N) is 2. The predicted octanol–water partition coefficient (Wildman–Crippen LogP) is 2.12. The van der Waals surface area contributed by atoms with E-state index in [-0.39, 0.29) is 10.6 Å². The van der Waals surface area contributed by atoms with Crippen LogP contribution in [0.15, 0.2) is 42.5 Å². The fourth-order valence-electron chi connectivity index (χ4n) is 3.41. The van der Waals surface area contributed by atoms with Gasteiger partial charge in [0.2, 0.25) is 0 Å². The molecule has 0 amide bonds.